The molecule has 2 aromatic carbocycles. The van der Waals surface area contributed by atoms with Crippen LogP contribution in [-0.4, -0.2) is 42.5 Å². The zero-order valence-corrected chi connectivity index (χ0v) is 18.9. The third kappa shape index (κ3) is 4.02. The van der Waals surface area contributed by atoms with E-state index in [-0.39, 0.29) is 15.8 Å². The molecular formula is C21H18ClN5O4S. The predicted octanol–water partition coefficient (Wildman–Crippen LogP) is 3.54. The summed E-state index contributed by atoms with van der Waals surface area (Å²) in [5, 5.41) is 17.3. The van der Waals surface area contributed by atoms with Crippen LogP contribution in [0.5, 0.6) is 5.75 Å². The fraction of sp³-hybridized carbons (Fsp3) is 0.143. The molecule has 0 atom stereocenters. The van der Waals surface area contributed by atoms with Crippen molar-refractivity contribution in [1.29, 1.82) is 0 Å². The fourth-order valence-electron chi connectivity index (χ4n) is 3.28. The highest BCUT2D eigenvalue weighted by atomic mass is 35.5. The summed E-state index contributed by atoms with van der Waals surface area (Å²) in [6.07, 6.45) is 1.51. The molecule has 0 radical (unpaired) electrons. The molecule has 2 heterocycles. The molecule has 11 heteroatoms. The Kier molecular flexibility index (Phi) is 5.81. The Morgan fingerprint density at radius 3 is 2.66 bits per heavy atom. The Morgan fingerprint density at radius 2 is 1.94 bits per heavy atom. The Hall–Kier alpha value is -3.50. The molecule has 32 heavy (non-hydrogen) atoms. The van der Waals surface area contributed by atoms with Crippen molar-refractivity contribution in [3.8, 4) is 17.1 Å². The summed E-state index contributed by atoms with van der Waals surface area (Å²) >= 11 is 6.98. The highest BCUT2D eigenvalue weighted by molar-refractivity contribution is 8.04. The van der Waals surface area contributed by atoms with Gasteiger partial charge in [-0.05, 0) is 53.7 Å². The molecule has 0 aliphatic heterocycles. The van der Waals surface area contributed by atoms with Crippen LogP contribution < -0.4 is 10.4 Å². The van der Waals surface area contributed by atoms with Gasteiger partial charge in [-0.25, -0.2) is 14.6 Å². The lowest BCUT2D eigenvalue weighted by Gasteiger charge is -2.05. The number of carbonyl (C=O) groups is 1. The molecular weight excluding hydrogens is 454 g/mol. The van der Waals surface area contributed by atoms with E-state index in [1.54, 1.807) is 50.5 Å². The van der Waals surface area contributed by atoms with Crippen molar-refractivity contribution in [3.63, 3.8) is 0 Å². The number of hydrogen-bond acceptors (Lipinski definition) is 6. The lowest BCUT2D eigenvalue weighted by molar-refractivity contribution is -0.131. The molecule has 9 nitrogen and oxygen atoms in total. The molecule has 0 saturated heterocycles. The Bertz CT molecular complexity index is 1440. The number of ether oxygens (including phenoxy) is 1. The van der Waals surface area contributed by atoms with Crippen LogP contribution in [0.4, 0.5) is 0 Å². The number of halogens is 1. The average Bonchev–Trinajstić information content (AvgIpc) is 3.32. The molecule has 4 aromatic rings. The van der Waals surface area contributed by atoms with Crippen molar-refractivity contribution in [2.75, 3.05) is 7.11 Å². The molecule has 0 aliphatic rings. The first-order chi connectivity index (χ1) is 15.3. The summed E-state index contributed by atoms with van der Waals surface area (Å²) < 4.78 is 8.38. The van der Waals surface area contributed by atoms with Crippen molar-refractivity contribution in [3.05, 3.63) is 62.4 Å². The molecule has 0 fully saturated rings. The molecule has 164 valence electrons. The molecule has 0 amide bonds. The molecule has 0 spiro atoms. The molecule has 0 aliphatic carbocycles. The number of carboxylic acid groups (broad SMARTS) is 1. The lowest BCUT2D eigenvalue weighted by atomic mass is 10.2. The van der Waals surface area contributed by atoms with Crippen LogP contribution in [0, 0.1) is 0 Å². The van der Waals surface area contributed by atoms with E-state index in [2.05, 4.69) is 15.2 Å². The number of nitrogens with zero attached hydrogens (tertiary/aromatic N) is 4. The molecule has 0 unspecified atom stereocenters. The minimum absolute atomic E-state index is 0.0221. The van der Waals surface area contributed by atoms with Gasteiger partial charge < -0.3 is 9.84 Å². The van der Waals surface area contributed by atoms with Crippen LogP contribution in [0.1, 0.15) is 5.56 Å². The van der Waals surface area contributed by atoms with Gasteiger partial charge in [0.05, 0.1) is 23.7 Å². The Labute approximate surface area is 191 Å². The van der Waals surface area contributed by atoms with Gasteiger partial charge in [0.25, 0.3) is 0 Å². The number of rotatable bonds is 6. The van der Waals surface area contributed by atoms with E-state index in [1.165, 1.54) is 22.3 Å². The van der Waals surface area contributed by atoms with Crippen molar-refractivity contribution in [1.82, 2.24) is 24.3 Å². The van der Waals surface area contributed by atoms with E-state index in [4.69, 9.17) is 16.3 Å². The van der Waals surface area contributed by atoms with Crippen LogP contribution in [0.25, 0.3) is 28.5 Å². The van der Waals surface area contributed by atoms with Crippen molar-refractivity contribution in [2.24, 2.45) is 14.1 Å². The second kappa shape index (κ2) is 8.56. The maximum atomic E-state index is 12.1. The van der Waals surface area contributed by atoms with Crippen LogP contribution >= 0.6 is 23.4 Å². The van der Waals surface area contributed by atoms with Gasteiger partial charge in [0.1, 0.15) is 10.7 Å². The maximum Gasteiger partial charge on any atom is 0.342 e. The number of fused-ring (bicyclic) bond motifs is 1. The number of imidazole rings is 1. The summed E-state index contributed by atoms with van der Waals surface area (Å²) in [5.74, 6) is -0.168. The number of aryl methyl sites for hydroxylation is 2. The van der Waals surface area contributed by atoms with E-state index >= 15 is 0 Å². The molecule has 4 rings (SSSR count). The number of methoxy groups -OCH3 is 1. The summed E-state index contributed by atoms with van der Waals surface area (Å²) in [6, 6.07) is 10.4. The maximum absolute atomic E-state index is 12.1. The van der Waals surface area contributed by atoms with E-state index in [9.17, 15) is 14.7 Å². The lowest BCUT2D eigenvalue weighted by Crippen LogP contribution is -2.19. The highest BCUT2D eigenvalue weighted by Gasteiger charge is 2.17. The standard InChI is InChI=1S/C21H18ClN5O4S/c1-26-14-6-4-11(8-15(14)27(2)21(26)30)9-17(19(28)29)32-20-23-18(24-25-20)13-10-12(22)5-7-16(13)31-3/h4-10H,1-3H3,(H,28,29)(H,23,24,25). The molecule has 0 bridgehead atoms. The van der Waals surface area contributed by atoms with Gasteiger partial charge >= 0.3 is 11.7 Å². The topological polar surface area (TPSA) is 115 Å². The van der Waals surface area contributed by atoms with Gasteiger partial charge in [-0.2, -0.15) is 0 Å². The normalized spacial score (nSPS) is 11.8. The molecule has 0 saturated carbocycles. The summed E-state index contributed by atoms with van der Waals surface area (Å²) in [7, 11) is 4.89. The minimum Gasteiger partial charge on any atom is -0.496 e. The second-order valence-corrected chi connectivity index (χ2v) is 8.32. The quantitative estimate of drug-likeness (QED) is 0.326. The number of thioether (sulfide) groups is 1. The Balaban J connectivity index is 1.67. The third-order valence-electron chi connectivity index (χ3n) is 4.89. The van der Waals surface area contributed by atoms with Crippen molar-refractivity contribution in [2.45, 2.75) is 5.16 Å². The van der Waals surface area contributed by atoms with Crippen LogP contribution in [-0.2, 0) is 18.9 Å². The zero-order valence-electron chi connectivity index (χ0n) is 17.3. The van der Waals surface area contributed by atoms with Gasteiger partial charge in [0.15, 0.2) is 5.82 Å². The number of nitrogens with one attached hydrogen (secondary N) is 1. The first-order valence-electron chi connectivity index (χ1n) is 9.33. The van der Waals surface area contributed by atoms with Gasteiger partial charge in [0.2, 0.25) is 5.16 Å². The number of H-pyrrole nitrogens is 1. The first-order valence-corrected chi connectivity index (χ1v) is 10.5. The van der Waals surface area contributed by atoms with Crippen molar-refractivity contribution >= 4 is 46.4 Å². The van der Waals surface area contributed by atoms with E-state index in [0.29, 0.717) is 33.2 Å². The van der Waals surface area contributed by atoms with Crippen LogP contribution in [0.15, 0.2) is 51.3 Å². The highest BCUT2D eigenvalue weighted by Crippen LogP contribution is 2.33. The van der Waals surface area contributed by atoms with Gasteiger partial charge in [0, 0.05) is 19.1 Å². The number of benzene rings is 2. The van der Waals surface area contributed by atoms with Gasteiger partial charge in [-0.3, -0.25) is 14.2 Å². The zero-order chi connectivity index (χ0) is 23.0. The monoisotopic (exact) mass is 471 g/mol. The first kappa shape index (κ1) is 21.7. The van der Waals surface area contributed by atoms with E-state index in [0.717, 1.165) is 17.3 Å². The second-order valence-electron chi connectivity index (χ2n) is 6.88. The summed E-state index contributed by atoms with van der Waals surface area (Å²) in [6.45, 7) is 0. The number of hydrogen-bond donors (Lipinski definition) is 2. The number of aromatic amines is 1. The Morgan fingerprint density at radius 1 is 1.19 bits per heavy atom. The summed E-state index contributed by atoms with van der Waals surface area (Å²) in [5.41, 5.74) is 2.55. The van der Waals surface area contributed by atoms with Gasteiger partial charge in [-0.1, -0.05) is 17.7 Å². The minimum atomic E-state index is -1.12. The summed E-state index contributed by atoms with van der Waals surface area (Å²) in [4.78, 5) is 28.4. The van der Waals surface area contributed by atoms with Crippen LogP contribution in [0.2, 0.25) is 5.02 Å². The predicted molar refractivity (Wildman–Crippen MR) is 123 cm³/mol. The largest absolute Gasteiger partial charge is 0.496 e. The van der Waals surface area contributed by atoms with Crippen molar-refractivity contribution < 1.29 is 14.6 Å². The van der Waals surface area contributed by atoms with E-state index in [1.807, 2.05) is 0 Å². The van der Waals surface area contributed by atoms with E-state index < -0.39 is 5.97 Å². The number of aromatic nitrogens is 5. The van der Waals surface area contributed by atoms with Crippen LogP contribution in [0.3, 0.4) is 0 Å². The average molecular weight is 472 g/mol. The number of carboxylic acids is 1. The molecule has 2 aromatic heterocycles. The molecule has 2 N–H and O–H groups in total. The number of aliphatic carboxylic acids is 1. The fourth-order valence-corrected chi connectivity index (χ4v) is 4.16. The van der Waals surface area contributed by atoms with Gasteiger partial charge in [-0.15, -0.1) is 5.10 Å². The third-order valence-corrected chi connectivity index (χ3v) is 6.00. The SMILES string of the molecule is COc1ccc(Cl)cc1-c1nc(SC(=Cc2ccc3c(c2)n(C)c(=O)n3C)C(=O)O)n[nH]1. The smallest absolute Gasteiger partial charge is 0.342 e.